The molecule has 0 heterocycles. The van der Waals surface area contributed by atoms with Gasteiger partial charge in [-0.2, -0.15) is 0 Å². The van der Waals surface area contributed by atoms with E-state index < -0.39 is 10.8 Å². The summed E-state index contributed by atoms with van der Waals surface area (Å²) in [4.78, 5) is 11.3. The zero-order chi connectivity index (χ0) is 10.7. The van der Waals surface area contributed by atoms with Crippen LogP contribution in [0.15, 0.2) is 0 Å². The van der Waals surface area contributed by atoms with Gasteiger partial charge in [0, 0.05) is 34.1 Å². The third-order valence-electron chi connectivity index (χ3n) is 3.65. The Labute approximate surface area is 94.3 Å². The van der Waals surface area contributed by atoms with E-state index in [0.717, 1.165) is 32.1 Å². The van der Waals surface area contributed by atoms with E-state index >= 15 is 0 Å². The number of carbonyl (C=O) groups excluding carboxylic acids is 1. The van der Waals surface area contributed by atoms with Gasteiger partial charge in [-0.25, -0.2) is 0 Å². The number of rotatable bonds is 2. The van der Waals surface area contributed by atoms with Crippen molar-refractivity contribution in [3.63, 3.8) is 0 Å². The minimum Gasteiger partial charge on any atom is -0.300 e. The van der Waals surface area contributed by atoms with Gasteiger partial charge in [0.1, 0.15) is 5.78 Å². The predicted molar refractivity (Wildman–Crippen MR) is 62.3 cm³/mol. The lowest BCUT2D eigenvalue weighted by Gasteiger charge is -2.27. The molecule has 15 heavy (non-hydrogen) atoms. The SMILES string of the molecule is O=C1CCCC(S(=O)C2CCCCC2)C1. The van der Waals surface area contributed by atoms with Gasteiger partial charge in [0.05, 0.1) is 0 Å². The third-order valence-corrected chi connectivity index (χ3v) is 5.83. The van der Waals surface area contributed by atoms with Crippen molar-refractivity contribution < 1.29 is 9.00 Å². The van der Waals surface area contributed by atoms with Gasteiger partial charge in [-0.1, -0.05) is 19.3 Å². The molecule has 2 nitrogen and oxygen atoms in total. The molecule has 0 spiro atoms. The monoisotopic (exact) mass is 228 g/mol. The van der Waals surface area contributed by atoms with Gasteiger partial charge in [-0.3, -0.25) is 9.00 Å². The fourth-order valence-electron chi connectivity index (χ4n) is 2.75. The minimum absolute atomic E-state index is 0.189. The highest BCUT2D eigenvalue weighted by Gasteiger charge is 2.30. The van der Waals surface area contributed by atoms with Gasteiger partial charge in [0.25, 0.3) is 0 Å². The first-order valence-electron chi connectivity index (χ1n) is 6.18. The van der Waals surface area contributed by atoms with Crippen LogP contribution in [0.1, 0.15) is 57.8 Å². The average molecular weight is 228 g/mol. The highest BCUT2D eigenvalue weighted by molar-refractivity contribution is 7.86. The molecule has 3 heteroatoms. The minimum atomic E-state index is -0.734. The molecule has 2 aliphatic carbocycles. The van der Waals surface area contributed by atoms with E-state index in [4.69, 9.17) is 0 Å². The highest BCUT2D eigenvalue weighted by Crippen LogP contribution is 2.28. The summed E-state index contributed by atoms with van der Waals surface area (Å²) in [5.41, 5.74) is 0. The average Bonchev–Trinajstić information content (AvgIpc) is 2.29. The molecule has 0 radical (unpaired) electrons. The first kappa shape index (κ1) is 11.3. The molecule has 0 N–H and O–H groups in total. The van der Waals surface area contributed by atoms with Crippen LogP contribution in [-0.2, 0) is 15.6 Å². The number of hydrogen-bond donors (Lipinski definition) is 0. The van der Waals surface area contributed by atoms with E-state index in [9.17, 15) is 9.00 Å². The van der Waals surface area contributed by atoms with Crippen LogP contribution in [0.3, 0.4) is 0 Å². The molecule has 0 bridgehead atoms. The Balaban J connectivity index is 1.90. The smallest absolute Gasteiger partial charge is 0.134 e. The molecule has 2 rings (SSSR count). The second kappa shape index (κ2) is 5.24. The van der Waals surface area contributed by atoms with Crippen molar-refractivity contribution in [1.29, 1.82) is 0 Å². The lowest BCUT2D eigenvalue weighted by atomic mass is 9.99. The van der Waals surface area contributed by atoms with E-state index in [-0.39, 0.29) is 5.25 Å². The number of carbonyl (C=O) groups is 1. The maximum absolute atomic E-state index is 12.3. The Morgan fingerprint density at radius 3 is 2.27 bits per heavy atom. The Kier molecular flexibility index (Phi) is 3.95. The molecular weight excluding hydrogens is 208 g/mol. The van der Waals surface area contributed by atoms with Gasteiger partial charge in [-0.05, 0) is 25.7 Å². The topological polar surface area (TPSA) is 34.1 Å². The zero-order valence-electron chi connectivity index (χ0n) is 9.24. The lowest BCUT2D eigenvalue weighted by Crippen LogP contribution is -2.32. The van der Waals surface area contributed by atoms with Gasteiger partial charge < -0.3 is 0 Å². The van der Waals surface area contributed by atoms with Crippen molar-refractivity contribution in [2.45, 2.75) is 68.3 Å². The summed E-state index contributed by atoms with van der Waals surface area (Å²) >= 11 is 0. The summed E-state index contributed by atoms with van der Waals surface area (Å²) < 4.78 is 12.3. The molecule has 0 saturated heterocycles. The molecular formula is C12H20O2S. The second-order valence-electron chi connectivity index (χ2n) is 4.85. The van der Waals surface area contributed by atoms with Crippen LogP contribution in [0.25, 0.3) is 0 Å². The summed E-state index contributed by atoms with van der Waals surface area (Å²) in [6, 6.07) is 0. The molecule has 0 aromatic rings. The normalized spacial score (nSPS) is 31.5. The molecule has 2 unspecified atom stereocenters. The van der Waals surface area contributed by atoms with Gasteiger partial charge >= 0.3 is 0 Å². The number of Topliss-reactive ketones (excluding diaryl/α,β-unsaturated/α-hetero) is 1. The van der Waals surface area contributed by atoms with Crippen molar-refractivity contribution in [3.8, 4) is 0 Å². The van der Waals surface area contributed by atoms with E-state index in [1.165, 1.54) is 19.3 Å². The quantitative estimate of drug-likeness (QED) is 0.728. The van der Waals surface area contributed by atoms with Crippen LogP contribution in [0.4, 0.5) is 0 Å². The van der Waals surface area contributed by atoms with E-state index in [0.29, 0.717) is 17.5 Å². The molecule has 2 aliphatic rings. The van der Waals surface area contributed by atoms with Crippen molar-refractivity contribution >= 4 is 16.6 Å². The molecule has 2 atom stereocenters. The molecule has 2 saturated carbocycles. The third kappa shape index (κ3) is 2.90. The summed E-state index contributed by atoms with van der Waals surface area (Å²) in [6.45, 7) is 0. The van der Waals surface area contributed by atoms with E-state index in [2.05, 4.69) is 0 Å². The van der Waals surface area contributed by atoms with Crippen molar-refractivity contribution in [2.75, 3.05) is 0 Å². The van der Waals surface area contributed by atoms with Crippen molar-refractivity contribution in [2.24, 2.45) is 0 Å². The number of hydrogen-bond acceptors (Lipinski definition) is 2. The zero-order valence-corrected chi connectivity index (χ0v) is 10.1. The summed E-state index contributed by atoms with van der Waals surface area (Å²) in [5, 5.41) is 0.587. The van der Waals surface area contributed by atoms with Crippen molar-refractivity contribution in [1.82, 2.24) is 0 Å². The summed E-state index contributed by atoms with van der Waals surface area (Å²) in [6.07, 6.45) is 9.29. The lowest BCUT2D eigenvalue weighted by molar-refractivity contribution is -0.120. The Hall–Kier alpha value is -0.180. The van der Waals surface area contributed by atoms with E-state index in [1.807, 2.05) is 0 Å². The molecule has 2 fully saturated rings. The van der Waals surface area contributed by atoms with Crippen LogP contribution in [0, 0.1) is 0 Å². The van der Waals surface area contributed by atoms with Gasteiger partial charge in [0.15, 0.2) is 0 Å². The highest BCUT2D eigenvalue weighted by atomic mass is 32.2. The summed E-state index contributed by atoms with van der Waals surface area (Å²) in [7, 11) is -0.734. The first-order valence-corrected chi connectivity index (χ1v) is 7.46. The first-order chi connectivity index (χ1) is 7.27. The van der Waals surface area contributed by atoms with Crippen molar-refractivity contribution in [3.05, 3.63) is 0 Å². The van der Waals surface area contributed by atoms with Crippen LogP contribution in [0.2, 0.25) is 0 Å². The Morgan fingerprint density at radius 1 is 0.933 bits per heavy atom. The molecule has 0 aromatic heterocycles. The second-order valence-corrected chi connectivity index (χ2v) is 6.84. The molecule has 0 aliphatic heterocycles. The maximum Gasteiger partial charge on any atom is 0.134 e. The van der Waals surface area contributed by atoms with Crippen LogP contribution >= 0.6 is 0 Å². The molecule has 0 aromatic carbocycles. The fourth-order valence-corrected chi connectivity index (χ4v) is 4.84. The summed E-state index contributed by atoms with van der Waals surface area (Å²) in [5.74, 6) is 0.329. The van der Waals surface area contributed by atoms with Gasteiger partial charge in [-0.15, -0.1) is 0 Å². The maximum atomic E-state index is 12.3. The largest absolute Gasteiger partial charge is 0.300 e. The molecule has 86 valence electrons. The number of ketones is 1. The predicted octanol–water partition coefficient (Wildman–Crippen LogP) is 2.58. The van der Waals surface area contributed by atoms with Crippen LogP contribution in [0.5, 0.6) is 0 Å². The Morgan fingerprint density at radius 2 is 1.60 bits per heavy atom. The Bertz CT molecular complexity index is 256. The fraction of sp³-hybridized carbons (Fsp3) is 0.917. The molecule has 0 amide bonds. The van der Waals surface area contributed by atoms with Crippen LogP contribution < -0.4 is 0 Å². The van der Waals surface area contributed by atoms with Crippen LogP contribution in [-0.4, -0.2) is 20.5 Å². The van der Waals surface area contributed by atoms with Gasteiger partial charge in [0.2, 0.25) is 0 Å². The van der Waals surface area contributed by atoms with E-state index in [1.54, 1.807) is 0 Å². The standard InChI is InChI=1S/C12H20O2S/c13-10-5-4-8-12(9-10)15(14)11-6-2-1-3-7-11/h11-12H,1-9H2.